The molecule has 1 heterocycles. The molecule has 3 N–H and O–H groups in total. The van der Waals surface area contributed by atoms with E-state index in [0.29, 0.717) is 12.1 Å². The number of para-hydroxylation sites is 1. The van der Waals surface area contributed by atoms with E-state index in [1.54, 1.807) is 24.3 Å². The van der Waals surface area contributed by atoms with Gasteiger partial charge in [-0.3, -0.25) is 19.3 Å². The third-order valence-electron chi connectivity index (χ3n) is 5.78. The molecule has 3 aromatic carbocycles. The summed E-state index contributed by atoms with van der Waals surface area (Å²) in [5.41, 5.74) is 2.43. The molecular formula is C27H26N4O4. The van der Waals surface area contributed by atoms with Crippen LogP contribution in [0.25, 0.3) is 0 Å². The van der Waals surface area contributed by atoms with Crippen LogP contribution in [0.15, 0.2) is 84.9 Å². The number of nitrogens with one attached hydrogen (secondary N) is 3. The van der Waals surface area contributed by atoms with Gasteiger partial charge in [-0.1, -0.05) is 72.8 Å². The lowest BCUT2D eigenvalue weighted by Gasteiger charge is -2.17. The Morgan fingerprint density at radius 1 is 0.914 bits per heavy atom. The fraction of sp³-hybridized carbons (Fsp3) is 0.185. The summed E-state index contributed by atoms with van der Waals surface area (Å²) in [5, 5.41) is 8.22. The number of carbonyl (C=O) groups excluding carboxylic acids is 4. The van der Waals surface area contributed by atoms with Crippen molar-refractivity contribution in [3.8, 4) is 0 Å². The molecule has 8 heteroatoms. The Labute approximate surface area is 203 Å². The molecule has 0 bridgehead atoms. The van der Waals surface area contributed by atoms with Crippen molar-refractivity contribution in [1.82, 2.24) is 15.5 Å². The van der Waals surface area contributed by atoms with Gasteiger partial charge in [-0.15, -0.1) is 0 Å². The number of anilines is 1. The van der Waals surface area contributed by atoms with E-state index >= 15 is 0 Å². The van der Waals surface area contributed by atoms with E-state index in [2.05, 4.69) is 16.0 Å². The highest BCUT2D eigenvalue weighted by molar-refractivity contribution is 6.09. The standard InChI is InChI=1S/C27H26N4O4/c1-18(20-12-6-3-7-13-20)28-25(33)21-14-8-9-15-22(21)29-24(32)17-31-26(34)23(30-27(31)35)16-19-10-4-2-5-11-19/h2-15,18,23H,16-17H2,1H3,(H,28,33)(H,29,32)(H,30,35)/t18-,23-/m0/s1. The topological polar surface area (TPSA) is 108 Å². The van der Waals surface area contributed by atoms with E-state index in [9.17, 15) is 19.2 Å². The van der Waals surface area contributed by atoms with E-state index in [0.717, 1.165) is 16.0 Å². The van der Waals surface area contributed by atoms with Crippen LogP contribution in [-0.2, 0) is 16.0 Å². The number of carbonyl (C=O) groups is 4. The number of hydrogen-bond acceptors (Lipinski definition) is 4. The molecule has 8 nitrogen and oxygen atoms in total. The maximum Gasteiger partial charge on any atom is 0.325 e. The van der Waals surface area contributed by atoms with Gasteiger partial charge in [0.2, 0.25) is 5.91 Å². The zero-order valence-electron chi connectivity index (χ0n) is 19.2. The van der Waals surface area contributed by atoms with Crippen LogP contribution in [0.4, 0.5) is 10.5 Å². The molecule has 0 unspecified atom stereocenters. The van der Waals surface area contributed by atoms with Gasteiger partial charge in [0.25, 0.3) is 11.8 Å². The quantitative estimate of drug-likeness (QED) is 0.439. The summed E-state index contributed by atoms with van der Waals surface area (Å²) in [6.45, 7) is 1.42. The number of nitrogens with zero attached hydrogens (tertiary/aromatic N) is 1. The van der Waals surface area contributed by atoms with Gasteiger partial charge < -0.3 is 16.0 Å². The van der Waals surface area contributed by atoms with Gasteiger partial charge >= 0.3 is 6.03 Å². The first-order valence-corrected chi connectivity index (χ1v) is 11.3. The Morgan fingerprint density at radius 3 is 2.26 bits per heavy atom. The Morgan fingerprint density at radius 2 is 1.54 bits per heavy atom. The summed E-state index contributed by atoms with van der Waals surface area (Å²) in [4.78, 5) is 51.6. The maximum absolute atomic E-state index is 12.9. The van der Waals surface area contributed by atoms with Gasteiger partial charge in [-0.2, -0.15) is 0 Å². The number of urea groups is 1. The molecule has 0 saturated carbocycles. The van der Waals surface area contributed by atoms with Crippen molar-refractivity contribution in [3.63, 3.8) is 0 Å². The third kappa shape index (κ3) is 5.73. The summed E-state index contributed by atoms with van der Waals surface area (Å²) in [5.74, 6) is -1.39. The Kier molecular flexibility index (Phi) is 7.21. The van der Waals surface area contributed by atoms with E-state index in [4.69, 9.17) is 0 Å². The molecule has 1 saturated heterocycles. The van der Waals surface area contributed by atoms with Crippen molar-refractivity contribution in [2.45, 2.75) is 25.4 Å². The largest absolute Gasteiger partial charge is 0.345 e. The van der Waals surface area contributed by atoms with Crippen LogP contribution in [-0.4, -0.2) is 41.2 Å². The zero-order chi connectivity index (χ0) is 24.8. The van der Waals surface area contributed by atoms with Crippen molar-refractivity contribution in [1.29, 1.82) is 0 Å². The van der Waals surface area contributed by atoms with Crippen LogP contribution >= 0.6 is 0 Å². The van der Waals surface area contributed by atoms with Crippen LogP contribution < -0.4 is 16.0 Å². The first-order chi connectivity index (χ1) is 16.9. The van der Waals surface area contributed by atoms with Crippen molar-refractivity contribution >= 4 is 29.4 Å². The summed E-state index contributed by atoms with van der Waals surface area (Å²) in [6, 6.07) is 23.9. The average molecular weight is 471 g/mol. The fourth-order valence-electron chi connectivity index (χ4n) is 3.94. The lowest BCUT2D eigenvalue weighted by Crippen LogP contribution is -2.39. The summed E-state index contributed by atoms with van der Waals surface area (Å²) in [6.07, 6.45) is 0.339. The molecule has 5 amide bonds. The van der Waals surface area contributed by atoms with E-state index in [1.165, 1.54) is 0 Å². The van der Waals surface area contributed by atoms with Gasteiger partial charge in [0.15, 0.2) is 0 Å². The third-order valence-corrected chi connectivity index (χ3v) is 5.78. The van der Waals surface area contributed by atoms with Gasteiger partial charge in [-0.25, -0.2) is 4.79 Å². The summed E-state index contributed by atoms with van der Waals surface area (Å²) >= 11 is 0. The lowest BCUT2D eigenvalue weighted by molar-refractivity contribution is -0.130. The monoisotopic (exact) mass is 470 g/mol. The first kappa shape index (κ1) is 23.7. The Bertz CT molecular complexity index is 1230. The molecule has 2 atom stereocenters. The lowest BCUT2D eigenvalue weighted by atomic mass is 10.1. The first-order valence-electron chi connectivity index (χ1n) is 11.3. The second-order valence-corrected chi connectivity index (χ2v) is 8.32. The Hall–Kier alpha value is -4.46. The summed E-state index contributed by atoms with van der Waals surface area (Å²) in [7, 11) is 0. The molecule has 3 aromatic rings. The molecule has 1 aliphatic rings. The minimum Gasteiger partial charge on any atom is -0.345 e. The highest BCUT2D eigenvalue weighted by Crippen LogP contribution is 2.19. The van der Waals surface area contributed by atoms with Crippen molar-refractivity contribution in [2.24, 2.45) is 0 Å². The number of hydrogen-bond donors (Lipinski definition) is 3. The van der Waals surface area contributed by atoms with E-state index in [-0.39, 0.29) is 17.5 Å². The molecule has 4 rings (SSSR count). The van der Waals surface area contributed by atoms with Crippen LogP contribution in [0.3, 0.4) is 0 Å². The average Bonchev–Trinajstić information content (AvgIpc) is 3.12. The minimum absolute atomic E-state index is 0.236. The minimum atomic E-state index is -0.727. The SMILES string of the molecule is C[C@H](NC(=O)c1ccccc1NC(=O)CN1C(=O)N[C@@H](Cc2ccccc2)C1=O)c1ccccc1. The highest BCUT2D eigenvalue weighted by Gasteiger charge is 2.38. The number of amides is 5. The second-order valence-electron chi connectivity index (χ2n) is 8.32. The van der Waals surface area contributed by atoms with Crippen molar-refractivity contribution in [2.75, 3.05) is 11.9 Å². The number of imide groups is 1. The molecule has 1 fully saturated rings. The second kappa shape index (κ2) is 10.6. The smallest absolute Gasteiger partial charge is 0.325 e. The van der Waals surface area contributed by atoms with Gasteiger partial charge in [0, 0.05) is 6.42 Å². The fourth-order valence-corrected chi connectivity index (χ4v) is 3.94. The molecule has 0 aromatic heterocycles. The maximum atomic E-state index is 12.9. The van der Waals surface area contributed by atoms with Crippen LogP contribution in [0, 0.1) is 0 Å². The molecule has 0 spiro atoms. The molecule has 1 aliphatic heterocycles. The van der Waals surface area contributed by atoms with E-state index < -0.39 is 30.4 Å². The number of benzene rings is 3. The molecule has 178 valence electrons. The van der Waals surface area contributed by atoms with Crippen molar-refractivity contribution < 1.29 is 19.2 Å². The van der Waals surface area contributed by atoms with Gasteiger partial charge in [0.05, 0.1) is 17.3 Å². The van der Waals surface area contributed by atoms with Gasteiger partial charge in [0.1, 0.15) is 12.6 Å². The van der Waals surface area contributed by atoms with Crippen LogP contribution in [0.1, 0.15) is 34.5 Å². The van der Waals surface area contributed by atoms with E-state index in [1.807, 2.05) is 67.6 Å². The summed E-state index contributed by atoms with van der Waals surface area (Å²) < 4.78 is 0. The number of rotatable bonds is 8. The molecule has 0 aliphatic carbocycles. The highest BCUT2D eigenvalue weighted by atomic mass is 16.2. The predicted molar refractivity (Wildman–Crippen MR) is 132 cm³/mol. The zero-order valence-corrected chi connectivity index (χ0v) is 19.2. The normalized spacial score (nSPS) is 15.9. The predicted octanol–water partition coefficient (Wildman–Crippen LogP) is 3.28. The van der Waals surface area contributed by atoms with Crippen molar-refractivity contribution in [3.05, 3.63) is 102 Å². The molecule has 0 radical (unpaired) electrons. The Balaban J connectivity index is 1.39. The van der Waals surface area contributed by atoms with Crippen LogP contribution in [0.2, 0.25) is 0 Å². The molecular weight excluding hydrogens is 444 g/mol. The molecule has 35 heavy (non-hydrogen) atoms. The van der Waals surface area contributed by atoms with Crippen LogP contribution in [0.5, 0.6) is 0 Å². The van der Waals surface area contributed by atoms with Gasteiger partial charge in [-0.05, 0) is 30.2 Å².